The molecule has 38 heavy (non-hydrogen) atoms. The molecular formula is C23H29N5O9S. The van der Waals surface area contributed by atoms with Crippen LogP contribution in [0.3, 0.4) is 0 Å². The third kappa shape index (κ3) is 14.0. The van der Waals surface area contributed by atoms with Crippen molar-refractivity contribution in [2.75, 3.05) is 5.32 Å². The summed E-state index contributed by atoms with van der Waals surface area (Å²) in [5.74, 6) is -0.354. The summed E-state index contributed by atoms with van der Waals surface area (Å²) in [5.41, 5.74) is 1.66. The van der Waals surface area contributed by atoms with Gasteiger partial charge in [0.1, 0.15) is 18.0 Å². The van der Waals surface area contributed by atoms with Gasteiger partial charge in [0, 0.05) is 22.3 Å². The molecule has 3 rings (SSSR count). The second-order valence-electron chi connectivity index (χ2n) is 7.82. The predicted octanol–water partition coefficient (Wildman–Crippen LogP) is 5.02. The van der Waals surface area contributed by atoms with Crippen molar-refractivity contribution < 1.29 is 44.3 Å². The van der Waals surface area contributed by atoms with Gasteiger partial charge in [-0.3, -0.25) is 4.79 Å². The Morgan fingerprint density at radius 2 is 1.53 bits per heavy atom. The molecule has 0 saturated heterocycles. The fourth-order valence-electron chi connectivity index (χ4n) is 2.55. The van der Waals surface area contributed by atoms with Gasteiger partial charge in [0.25, 0.3) is 5.91 Å². The quantitative estimate of drug-likeness (QED) is 0.221. The number of nitrogens with one attached hydrogen (secondary N) is 2. The maximum absolute atomic E-state index is 12.9. The van der Waals surface area contributed by atoms with E-state index in [4.69, 9.17) is 34.8 Å². The van der Waals surface area contributed by atoms with Gasteiger partial charge in [-0.25, -0.2) is 24.4 Å². The molecule has 1 aromatic carbocycles. The highest BCUT2D eigenvalue weighted by Crippen LogP contribution is 2.23. The number of hydrogen-bond donors (Lipinski definition) is 7. The third-order valence-corrected chi connectivity index (χ3v) is 4.72. The number of ether oxygens (including phenoxy) is 1. The van der Waals surface area contributed by atoms with Crippen molar-refractivity contribution in [3.63, 3.8) is 0 Å². The Morgan fingerprint density at radius 3 is 1.97 bits per heavy atom. The highest BCUT2D eigenvalue weighted by molar-refractivity contribution is 7.10. The average molecular weight is 552 g/mol. The zero-order chi connectivity index (χ0) is 28.0. The maximum Gasteiger partial charge on any atom is 0.503 e. The molecular weight excluding hydrogens is 522 g/mol. The summed E-state index contributed by atoms with van der Waals surface area (Å²) in [6.45, 7) is 5.31. The van der Waals surface area contributed by atoms with Crippen molar-refractivity contribution in [1.82, 2.24) is 21.4 Å². The van der Waals surface area contributed by atoms with Gasteiger partial charge in [-0.15, -0.1) is 11.3 Å². The highest BCUT2D eigenvalue weighted by atomic mass is 32.1. The molecule has 9 N–H and O–H groups in total. The van der Waals surface area contributed by atoms with Gasteiger partial charge in [0.05, 0.1) is 5.69 Å². The first-order chi connectivity index (χ1) is 17.3. The first-order valence-electron chi connectivity index (χ1n) is 10.3. The lowest BCUT2D eigenvalue weighted by atomic mass is 10.1. The van der Waals surface area contributed by atoms with E-state index in [0.29, 0.717) is 10.6 Å². The summed E-state index contributed by atoms with van der Waals surface area (Å²) in [7, 11) is 0. The van der Waals surface area contributed by atoms with E-state index >= 15 is 0 Å². The molecule has 206 valence electrons. The fraction of sp³-hybridized carbons (Fsp3) is 0.217. The Labute approximate surface area is 221 Å². The second-order valence-corrected chi connectivity index (χ2v) is 8.80. The SMILES string of the molecule is CC(C)(C)OC(=O)N[C@@H](C(=O)Nc1ccc(-c2ccncn2)cc1)c1cccs1.N.O=C(O)O.O=C(O)O. The zero-order valence-electron chi connectivity index (χ0n) is 20.7. The molecule has 0 aliphatic rings. The van der Waals surface area contributed by atoms with Crippen LogP contribution in [0.25, 0.3) is 11.3 Å². The fourth-order valence-corrected chi connectivity index (χ4v) is 3.32. The summed E-state index contributed by atoms with van der Waals surface area (Å²) >= 11 is 1.38. The van der Waals surface area contributed by atoms with Crippen molar-refractivity contribution in [1.29, 1.82) is 0 Å². The number of rotatable bonds is 5. The summed E-state index contributed by atoms with van der Waals surface area (Å²) < 4.78 is 5.29. The lowest BCUT2D eigenvalue weighted by molar-refractivity contribution is -0.118. The molecule has 2 heterocycles. The molecule has 0 fully saturated rings. The third-order valence-electron chi connectivity index (χ3n) is 3.78. The van der Waals surface area contributed by atoms with Crippen LogP contribution in [0.5, 0.6) is 0 Å². The highest BCUT2D eigenvalue weighted by Gasteiger charge is 2.26. The number of aromatic nitrogens is 2. The molecule has 0 aliphatic carbocycles. The predicted molar refractivity (Wildman–Crippen MR) is 139 cm³/mol. The summed E-state index contributed by atoms with van der Waals surface area (Å²) in [6, 6.07) is 11.9. The molecule has 0 bridgehead atoms. The number of hydrogen-bond acceptors (Lipinski definition) is 9. The van der Waals surface area contributed by atoms with Crippen molar-refractivity contribution >= 4 is 41.3 Å². The normalized spacial score (nSPS) is 10.5. The number of nitrogens with zero attached hydrogens (tertiary/aromatic N) is 2. The molecule has 0 aliphatic heterocycles. The van der Waals surface area contributed by atoms with E-state index in [0.717, 1.165) is 11.3 Å². The molecule has 15 heteroatoms. The molecule has 0 radical (unpaired) electrons. The van der Waals surface area contributed by atoms with Crippen LogP contribution >= 0.6 is 11.3 Å². The number of anilines is 1. The zero-order valence-corrected chi connectivity index (χ0v) is 21.5. The van der Waals surface area contributed by atoms with Gasteiger partial charge in [-0.05, 0) is 50.4 Å². The van der Waals surface area contributed by atoms with Crippen molar-refractivity contribution in [2.45, 2.75) is 32.4 Å². The molecule has 1 atom stereocenters. The number of alkyl carbamates (subject to hydrolysis) is 1. The van der Waals surface area contributed by atoms with Crippen LogP contribution in [0.1, 0.15) is 31.7 Å². The van der Waals surface area contributed by atoms with Crippen molar-refractivity contribution in [3.8, 4) is 11.3 Å². The smallest absolute Gasteiger partial charge is 0.450 e. The summed E-state index contributed by atoms with van der Waals surface area (Å²) in [6.07, 6.45) is -1.16. The topological polar surface area (TPSA) is 243 Å². The summed E-state index contributed by atoms with van der Waals surface area (Å²) in [5, 5.41) is 35.2. The average Bonchev–Trinajstić information content (AvgIpc) is 3.31. The number of carboxylic acid groups (broad SMARTS) is 4. The van der Waals surface area contributed by atoms with E-state index in [9.17, 15) is 9.59 Å². The van der Waals surface area contributed by atoms with Crippen LogP contribution < -0.4 is 16.8 Å². The van der Waals surface area contributed by atoms with E-state index in [1.54, 1.807) is 45.2 Å². The first kappa shape index (κ1) is 33.2. The molecule has 14 nitrogen and oxygen atoms in total. The Kier molecular flexibility index (Phi) is 14.1. The van der Waals surface area contributed by atoms with E-state index < -0.39 is 30.0 Å². The van der Waals surface area contributed by atoms with Crippen LogP contribution in [0.15, 0.2) is 60.4 Å². The second kappa shape index (κ2) is 16.1. The maximum atomic E-state index is 12.9. The lowest BCUT2D eigenvalue weighted by Gasteiger charge is -2.23. The number of benzene rings is 1. The minimum Gasteiger partial charge on any atom is -0.450 e. The molecule has 0 unspecified atom stereocenters. The lowest BCUT2D eigenvalue weighted by Crippen LogP contribution is -2.39. The Morgan fingerprint density at radius 1 is 0.947 bits per heavy atom. The molecule has 2 aromatic heterocycles. The minimum absolute atomic E-state index is 0. The van der Waals surface area contributed by atoms with Crippen LogP contribution in [0, 0.1) is 0 Å². The van der Waals surface area contributed by atoms with Gasteiger partial charge in [0.2, 0.25) is 0 Å². The standard InChI is InChI=1S/C21H22N4O3S.2CH2O3.H3N/c1-21(2,3)28-20(27)25-18(17-5-4-12-29-17)19(26)24-15-8-6-14(7-9-15)16-10-11-22-13-23-16;2*2-1(3)4;/h4-13,18H,1-3H3,(H,24,26)(H,25,27);2*(H2,2,3,4);1H3/t18-;;;/m1.../s1. The van der Waals surface area contributed by atoms with E-state index in [1.807, 2.05) is 29.6 Å². The van der Waals surface area contributed by atoms with Crippen molar-refractivity contribution in [2.24, 2.45) is 0 Å². The first-order valence-corrected chi connectivity index (χ1v) is 11.2. The number of amides is 2. The molecule has 0 spiro atoms. The van der Waals surface area contributed by atoms with E-state index in [-0.39, 0.29) is 12.1 Å². The summed E-state index contributed by atoms with van der Waals surface area (Å²) in [4.78, 5) is 51.0. The molecule has 0 saturated carbocycles. The van der Waals surface area contributed by atoms with E-state index in [2.05, 4.69) is 20.6 Å². The van der Waals surface area contributed by atoms with E-state index in [1.165, 1.54) is 17.7 Å². The van der Waals surface area contributed by atoms with Crippen molar-refractivity contribution in [3.05, 3.63) is 65.2 Å². The number of thiophene rings is 1. The monoisotopic (exact) mass is 551 g/mol. The number of carbonyl (C=O) groups is 4. The molecule has 2 amide bonds. The van der Waals surface area contributed by atoms with Gasteiger partial charge in [-0.2, -0.15) is 0 Å². The molecule has 3 aromatic rings. The van der Waals surface area contributed by atoms with Crippen LogP contribution in [-0.4, -0.2) is 60.3 Å². The van der Waals surface area contributed by atoms with Gasteiger partial charge in [0.15, 0.2) is 0 Å². The Bertz CT molecular complexity index is 1130. The van der Waals surface area contributed by atoms with Crippen LogP contribution in [-0.2, 0) is 9.53 Å². The van der Waals surface area contributed by atoms with Gasteiger partial charge in [-0.1, -0.05) is 18.2 Å². The minimum atomic E-state index is -1.83. The Balaban J connectivity index is 0.00000134. The largest absolute Gasteiger partial charge is 0.503 e. The van der Waals surface area contributed by atoms with Crippen LogP contribution in [0.2, 0.25) is 0 Å². The Hall–Kier alpha value is -4.76. The number of carbonyl (C=O) groups excluding carboxylic acids is 2. The van der Waals surface area contributed by atoms with Gasteiger partial charge >= 0.3 is 18.4 Å². The van der Waals surface area contributed by atoms with Crippen LogP contribution in [0.4, 0.5) is 20.1 Å². The van der Waals surface area contributed by atoms with Gasteiger partial charge < -0.3 is 41.9 Å².